The predicted octanol–water partition coefficient (Wildman–Crippen LogP) is 5.87. The van der Waals surface area contributed by atoms with E-state index in [4.69, 9.17) is 0 Å². The number of rotatable bonds is 2. The summed E-state index contributed by atoms with van der Waals surface area (Å²) in [5, 5.41) is 2.99. The van der Waals surface area contributed by atoms with E-state index in [1.54, 1.807) is 4.90 Å². The molecule has 0 spiro atoms. The molecule has 5 nitrogen and oxygen atoms in total. The van der Waals surface area contributed by atoms with Crippen LogP contribution < -0.4 is 5.32 Å². The van der Waals surface area contributed by atoms with Crippen LogP contribution in [0.1, 0.15) is 55.3 Å². The number of hydrogen-bond donors (Lipinski definition) is 1. The fourth-order valence-electron chi connectivity index (χ4n) is 4.34. The van der Waals surface area contributed by atoms with Crippen LogP contribution in [0.4, 0.5) is 10.5 Å². The Kier molecular flexibility index (Phi) is 5.95. The quantitative estimate of drug-likeness (QED) is 0.524. The molecule has 0 saturated carbocycles. The lowest BCUT2D eigenvalue weighted by molar-refractivity contribution is -0.139. The van der Waals surface area contributed by atoms with E-state index in [-0.39, 0.29) is 24.5 Å². The summed E-state index contributed by atoms with van der Waals surface area (Å²) in [6.07, 6.45) is 0. The van der Waals surface area contributed by atoms with Crippen LogP contribution in [0.25, 0.3) is 0 Å². The fourth-order valence-corrected chi connectivity index (χ4v) is 5.76. The van der Waals surface area contributed by atoms with Gasteiger partial charge in [0.25, 0.3) is 0 Å². The monoisotopic (exact) mass is 533 g/mol. The van der Waals surface area contributed by atoms with Crippen LogP contribution in [-0.2, 0) is 4.79 Å². The molecule has 4 rings (SSSR count). The van der Waals surface area contributed by atoms with Crippen molar-refractivity contribution in [3.63, 3.8) is 0 Å². The van der Waals surface area contributed by atoms with Gasteiger partial charge in [0.1, 0.15) is 6.54 Å². The molecule has 0 aromatic heterocycles. The van der Waals surface area contributed by atoms with E-state index in [1.165, 1.54) is 11.1 Å². The smallest absolute Gasteiger partial charge is 0.322 e. The standard InChI is InChI=1S/C23H25Br2N3O2/c1-13(2)15-8-18(24)22(19(25)9-15)26-23(30)27-11-20-17-7-5-4-6-16(17)14(3)10-28(20)21(29)12-27/h4-9,13-14,20H,10-12H2,1-3H3,(H,26,30)/t14-,20+/m1/s1. The van der Waals surface area contributed by atoms with Gasteiger partial charge < -0.3 is 15.1 Å². The van der Waals surface area contributed by atoms with Crippen LogP contribution >= 0.6 is 31.9 Å². The van der Waals surface area contributed by atoms with Gasteiger partial charge in [-0.15, -0.1) is 0 Å². The van der Waals surface area contributed by atoms with Gasteiger partial charge in [-0.3, -0.25) is 4.79 Å². The molecule has 1 fully saturated rings. The minimum absolute atomic E-state index is 0.00367. The minimum Gasteiger partial charge on any atom is -0.332 e. The van der Waals surface area contributed by atoms with Gasteiger partial charge in [0.05, 0.1) is 11.7 Å². The Labute approximate surface area is 194 Å². The first-order valence-electron chi connectivity index (χ1n) is 10.2. The van der Waals surface area contributed by atoms with Crippen LogP contribution in [0.5, 0.6) is 0 Å². The number of nitrogens with zero attached hydrogens (tertiary/aromatic N) is 2. The molecule has 1 saturated heterocycles. The number of urea groups is 1. The largest absolute Gasteiger partial charge is 0.332 e. The van der Waals surface area contributed by atoms with Gasteiger partial charge in [-0.1, -0.05) is 45.0 Å². The molecule has 2 aliphatic rings. The molecule has 158 valence electrons. The molecular weight excluding hydrogens is 510 g/mol. The number of hydrogen-bond acceptors (Lipinski definition) is 2. The first kappa shape index (κ1) is 21.4. The van der Waals surface area contributed by atoms with E-state index < -0.39 is 0 Å². The summed E-state index contributed by atoms with van der Waals surface area (Å²) < 4.78 is 1.63. The third-order valence-electron chi connectivity index (χ3n) is 6.02. The summed E-state index contributed by atoms with van der Waals surface area (Å²) in [4.78, 5) is 29.5. The molecular formula is C23H25Br2N3O2. The minimum atomic E-state index is -0.266. The lowest BCUT2D eigenvalue weighted by atomic mass is 9.85. The van der Waals surface area contributed by atoms with Gasteiger partial charge >= 0.3 is 6.03 Å². The second kappa shape index (κ2) is 8.35. The summed E-state index contributed by atoms with van der Waals surface area (Å²) >= 11 is 7.15. The number of nitrogens with one attached hydrogen (secondary N) is 1. The number of carbonyl (C=O) groups is 2. The maximum atomic E-state index is 13.1. The highest BCUT2D eigenvalue weighted by molar-refractivity contribution is 9.11. The molecule has 1 N–H and O–H groups in total. The van der Waals surface area contributed by atoms with Gasteiger partial charge in [-0.05, 0) is 72.5 Å². The Morgan fingerprint density at radius 1 is 1.10 bits per heavy atom. The second-order valence-corrected chi connectivity index (χ2v) is 10.1. The van der Waals surface area contributed by atoms with Crippen molar-refractivity contribution in [1.29, 1.82) is 0 Å². The van der Waals surface area contributed by atoms with E-state index in [0.717, 1.165) is 14.5 Å². The van der Waals surface area contributed by atoms with E-state index in [2.05, 4.69) is 70.1 Å². The Hall–Kier alpha value is -1.86. The normalized spacial score (nSPS) is 20.8. The average molecular weight is 535 g/mol. The summed E-state index contributed by atoms with van der Waals surface area (Å²) in [6, 6.07) is 11.9. The molecule has 2 heterocycles. The van der Waals surface area contributed by atoms with Crippen LogP contribution in [0.15, 0.2) is 45.3 Å². The zero-order chi connectivity index (χ0) is 21.6. The Morgan fingerprint density at radius 2 is 1.73 bits per heavy atom. The molecule has 0 aliphatic carbocycles. The van der Waals surface area contributed by atoms with Crippen molar-refractivity contribution in [1.82, 2.24) is 9.80 Å². The molecule has 2 aromatic carbocycles. The van der Waals surface area contributed by atoms with Crippen molar-refractivity contribution in [3.8, 4) is 0 Å². The first-order valence-corrected chi connectivity index (χ1v) is 11.8. The van der Waals surface area contributed by atoms with Crippen LogP contribution in [-0.4, -0.2) is 41.4 Å². The Bertz CT molecular complexity index is 985. The molecule has 2 atom stereocenters. The molecule has 7 heteroatoms. The predicted molar refractivity (Wildman–Crippen MR) is 126 cm³/mol. The highest BCUT2D eigenvalue weighted by Crippen LogP contribution is 2.39. The lowest BCUT2D eigenvalue weighted by Crippen LogP contribution is -2.56. The van der Waals surface area contributed by atoms with E-state index >= 15 is 0 Å². The van der Waals surface area contributed by atoms with Crippen LogP contribution in [0.2, 0.25) is 0 Å². The van der Waals surface area contributed by atoms with Gasteiger partial charge in [0.15, 0.2) is 0 Å². The zero-order valence-electron chi connectivity index (χ0n) is 17.3. The van der Waals surface area contributed by atoms with Gasteiger partial charge in [0, 0.05) is 22.0 Å². The SMILES string of the molecule is CC(C)c1cc(Br)c(NC(=O)N2CC(=O)N3C[C@@H](C)c4ccccc4[C@@H]3C2)c(Br)c1. The van der Waals surface area contributed by atoms with Gasteiger partial charge in [0.2, 0.25) is 5.91 Å². The van der Waals surface area contributed by atoms with Crippen molar-refractivity contribution >= 4 is 49.5 Å². The Morgan fingerprint density at radius 3 is 2.37 bits per heavy atom. The Balaban J connectivity index is 1.57. The van der Waals surface area contributed by atoms with Gasteiger partial charge in [-0.2, -0.15) is 0 Å². The van der Waals surface area contributed by atoms with E-state index in [9.17, 15) is 9.59 Å². The number of carbonyl (C=O) groups excluding carboxylic acids is 2. The fraction of sp³-hybridized carbons (Fsp3) is 0.391. The number of piperazine rings is 1. The maximum absolute atomic E-state index is 13.1. The van der Waals surface area contributed by atoms with E-state index in [1.807, 2.05) is 29.2 Å². The molecule has 0 bridgehead atoms. The van der Waals surface area contributed by atoms with Crippen molar-refractivity contribution in [2.45, 2.75) is 38.6 Å². The van der Waals surface area contributed by atoms with Crippen LogP contribution in [0.3, 0.4) is 0 Å². The number of halogens is 2. The number of amides is 3. The molecule has 30 heavy (non-hydrogen) atoms. The topological polar surface area (TPSA) is 52.7 Å². The second-order valence-electron chi connectivity index (χ2n) is 8.42. The molecule has 0 unspecified atom stereocenters. The summed E-state index contributed by atoms with van der Waals surface area (Å²) in [6.45, 7) is 7.68. The van der Waals surface area contributed by atoms with Crippen molar-refractivity contribution in [2.75, 3.05) is 25.0 Å². The van der Waals surface area contributed by atoms with Crippen molar-refractivity contribution in [2.24, 2.45) is 0 Å². The van der Waals surface area contributed by atoms with Crippen LogP contribution in [0, 0.1) is 0 Å². The highest BCUT2D eigenvalue weighted by Gasteiger charge is 2.40. The lowest BCUT2D eigenvalue weighted by Gasteiger charge is -2.46. The zero-order valence-corrected chi connectivity index (χ0v) is 20.5. The molecule has 2 aromatic rings. The third-order valence-corrected chi connectivity index (χ3v) is 7.27. The van der Waals surface area contributed by atoms with Crippen molar-refractivity contribution in [3.05, 3.63) is 62.0 Å². The van der Waals surface area contributed by atoms with Gasteiger partial charge in [-0.25, -0.2) is 4.79 Å². The third kappa shape index (κ3) is 3.89. The maximum Gasteiger partial charge on any atom is 0.322 e. The average Bonchev–Trinajstić information content (AvgIpc) is 2.71. The first-order chi connectivity index (χ1) is 14.3. The number of anilines is 1. The molecule has 3 amide bonds. The number of benzene rings is 2. The number of fused-ring (bicyclic) bond motifs is 3. The van der Waals surface area contributed by atoms with Crippen molar-refractivity contribution < 1.29 is 9.59 Å². The highest BCUT2D eigenvalue weighted by atomic mass is 79.9. The summed E-state index contributed by atoms with van der Waals surface area (Å²) in [7, 11) is 0. The molecule has 0 radical (unpaired) electrons. The summed E-state index contributed by atoms with van der Waals surface area (Å²) in [5.41, 5.74) is 4.26. The summed E-state index contributed by atoms with van der Waals surface area (Å²) in [5.74, 6) is 0.672. The molecule has 2 aliphatic heterocycles. The van der Waals surface area contributed by atoms with E-state index in [0.29, 0.717) is 30.6 Å².